The molecule has 33 heavy (non-hydrogen) atoms. The Morgan fingerprint density at radius 3 is 2.58 bits per heavy atom. The van der Waals surface area contributed by atoms with Crippen molar-refractivity contribution >= 4 is 44.2 Å². The minimum absolute atomic E-state index is 0.0574. The van der Waals surface area contributed by atoms with Crippen LogP contribution in [-0.4, -0.2) is 37.5 Å². The van der Waals surface area contributed by atoms with Crippen molar-refractivity contribution in [2.75, 3.05) is 24.2 Å². The summed E-state index contributed by atoms with van der Waals surface area (Å²) >= 11 is 5.87. The third-order valence-corrected chi connectivity index (χ3v) is 6.25. The number of hydrogen-bond donors (Lipinski definition) is 2. The van der Waals surface area contributed by atoms with E-state index >= 15 is 0 Å². The first-order valence-electron chi connectivity index (χ1n) is 9.38. The number of anilines is 2. The van der Waals surface area contributed by atoms with Gasteiger partial charge in [-0.25, -0.2) is 32.2 Å². The second kappa shape index (κ2) is 8.75. The number of pyridine rings is 1. The van der Waals surface area contributed by atoms with E-state index in [1.165, 1.54) is 25.6 Å². The van der Waals surface area contributed by atoms with E-state index in [1.54, 1.807) is 25.2 Å². The highest BCUT2D eigenvalue weighted by Crippen LogP contribution is 2.32. The number of halogens is 3. The lowest BCUT2D eigenvalue weighted by Gasteiger charge is -2.13. The fraction of sp³-hybridized carbons (Fsp3) is 0.0952. The maximum Gasteiger partial charge on any atom is 0.267 e. The van der Waals surface area contributed by atoms with Gasteiger partial charge in [-0.2, -0.15) is 0 Å². The van der Waals surface area contributed by atoms with Gasteiger partial charge in [0.2, 0.25) is 11.8 Å². The van der Waals surface area contributed by atoms with Gasteiger partial charge in [-0.1, -0.05) is 17.7 Å². The van der Waals surface area contributed by atoms with Crippen LogP contribution in [0.2, 0.25) is 5.02 Å². The lowest BCUT2D eigenvalue weighted by Crippen LogP contribution is -2.15. The van der Waals surface area contributed by atoms with Crippen molar-refractivity contribution < 1.29 is 21.9 Å². The van der Waals surface area contributed by atoms with Crippen LogP contribution in [0.5, 0.6) is 5.88 Å². The monoisotopic (exact) mass is 491 g/mol. The molecule has 0 aliphatic rings. The molecule has 0 unspecified atom stereocenters. The number of nitrogens with one attached hydrogen (secondary N) is 2. The highest BCUT2D eigenvalue weighted by Gasteiger charge is 2.23. The lowest BCUT2D eigenvalue weighted by atomic mass is 10.0. The first kappa shape index (κ1) is 22.6. The topological polar surface area (TPSA) is 106 Å². The molecule has 2 aromatic carbocycles. The fourth-order valence-corrected chi connectivity index (χ4v) is 4.55. The number of nitrogens with zero attached hydrogens (tertiary/aromatic N) is 3. The summed E-state index contributed by atoms with van der Waals surface area (Å²) in [6, 6.07) is 7.82. The van der Waals surface area contributed by atoms with Gasteiger partial charge in [0.05, 0.1) is 23.3 Å². The second-order valence-electron chi connectivity index (χ2n) is 6.80. The van der Waals surface area contributed by atoms with E-state index < -0.39 is 21.7 Å². The molecule has 0 saturated carbocycles. The summed E-state index contributed by atoms with van der Waals surface area (Å²) in [4.78, 5) is 11.9. The minimum atomic E-state index is -4.29. The van der Waals surface area contributed by atoms with Crippen molar-refractivity contribution in [3.8, 4) is 17.0 Å². The molecule has 0 bridgehead atoms. The number of aromatic nitrogens is 3. The first-order valence-corrected chi connectivity index (χ1v) is 11.2. The second-order valence-corrected chi connectivity index (χ2v) is 8.89. The average molecular weight is 492 g/mol. The van der Waals surface area contributed by atoms with Crippen molar-refractivity contribution in [3.05, 3.63) is 65.4 Å². The summed E-state index contributed by atoms with van der Waals surface area (Å²) in [7, 11) is -1.37. The van der Waals surface area contributed by atoms with Crippen molar-refractivity contribution in [2.24, 2.45) is 0 Å². The molecule has 0 spiro atoms. The molecule has 2 heterocycles. The normalized spacial score (nSPS) is 11.4. The molecule has 4 aromatic rings. The summed E-state index contributed by atoms with van der Waals surface area (Å²) in [6.07, 6.45) is 2.76. The molecule has 170 valence electrons. The molecule has 0 saturated heterocycles. The maximum atomic E-state index is 14.7. The van der Waals surface area contributed by atoms with Gasteiger partial charge in [0.25, 0.3) is 10.0 Å². The highest BCUT2D eigenvalue weighted by atomic mass is 35.5. The smallest absolute Gasteiger partial charge is 0.267 e. The van der Waals surface area contributed by atoms with E-state index in [0.29, 0.717) is 22.4 Å². The van der Waals surface area contributed by atoms with Gasteiger partial charge < -0.3 is 10.1 Å². The average Bonchev–Trinajstić information content (AvgIpc) is 2.80. The number of sulfonamides is 1. The van der Waals surface area contributed by atoms with Gasteiger partial charge in [-0.3, -0.25) is 4.72 Å². The zero-order valence-corrected chi connectivity index (χ0v) is 18.8. The predicted molar refractivity (Wildman–Crippen MR) is 121 cm³/mol. The predicted octanol–water partition coefficient (Wildman–Crippen LogP) is 4.47. The zero-order chi connectivity index (χ0) is 23.8. The molecule has 2 aromatic heterocycles. The van der Waals surface area contributed by atoms with Crippen LogP contribution in [0, 0.1) is 11.6 Å². The van der Waals surface area contributed by atoms with Crippen LogP contribution in [0.1, 0.15) is 0 Å². The van der Waals surface area contributed by atoms with Gasteiger partial charge in [-0.05, 0) is 29.8 Å². The van der Waals surface area contributed by atoms with E-state index in [9.17, 15) is 17.2 Å². The van der Waals surface area contributed by atoms with E-state index in [1.807, 2.05) is 0 Å². The molecule has 4 rings (SSSR count). The SMILES string of the molecule is CNc1ncc2cc(-c3cc(NS(=O)(=O)c4cc(Cl)cnc4OC)cc(F)c3F)ccc2n1. The lowest BCUT2D eigenvalue weighted by molar-refractivity contribution is 0.385. The Balaban J connectivity index is 1.77. The number of ether oxygens (including phenoxy) is 1. The molecule has 0 radical (unpaired) electrons. The minimum Gasteiger partial charge on any atom is -0.480 e. The summed E-state index contributed by atoms with van der Waals surface area (Å²) in [6.45, 7) is 0. The van der Waals surface area contributed by atoms with E-state index in [-0.39, 0.29) is 27.0 Å². The maximum absolute atomic E-state index is 14.7. The highest BCUT2D eigenvalue weighted by molar-refractivity contribution is 7.92. The van der Waals surface area contributed by atoms with Gasteiger partial charge >= 0.3 is 0 Å². The molecule has 0 amide bonds. The van der Waals surface area contributed by atoms with Crippen LogP contribution in [0.4, 0.5) is 20.4 Å². The van der Waals surface area contributed by atoms with Gasteiger partial charge in [0.15, 0.2) is 16.5 Å². The number of benzene rings is 2. The van der Waals surface area contributed by atoms with Crippen molar-refractivity contribution in [1.82, 2.24) is 15.0 Å². The third-order valence-electron chi connectivity index (χ3n) is 4.66. The summed E-state index contributed by atoms with van der Waals surface area (Å²) < 4.78 is 62.1. The van der Waals surface area contributed by atoms with Crippen LogP contribution in [-0.2, 0) is 10.0 Å². The molecule has 12 heteroatoms. The molecule has 0 atom stereocenters. The Bertz CT molecular complexity index is 1480. The van der Waals surface area contributed by atoms with E-state index in [2.05, 4.69) is 25.0 Å². The fourth-order valence-electron chi connectivity index (χ4n) is 3.14. The Hall–Kier alpha value is -3.57. The van der Waals surface area contributed by atoms with Crippen molar-refractivity contribution in [1.29, 1.82) is 0 Å². The molecule has 8 nitrogen and oxygen atoms in total. The Kier molecular flexibility index (Phi) is 6.00. The van der Waals surface area contributed by atoms with Crippen LogP contribution in [0.15, 0.2) is 53.7 Å². The van der Waals surface area contributed by atoms with Crippen LogP contribution in [0.3, 0.4) is 0 Å². The first-order chi connectivity index (χ1) is 15.7. The van der Waals surface area contributed by atoms with Crippen molar-refractivity contribution in [3.63, 3.8) is 0 Å². The van der Waals surface area contributed by atoms with Gasteiger partial charge in [0, 0.05) is 36.5 Å². The van der Waals surface area contributed by atoms with E-state index in [0.717, 1.165) is 12.1 Å². The molecule has 0 fully saturated rings. The number of hydrogen-bond acceptors (Lipinski definition) is 7. The number of rotatable bonds is 6. The zero-order valence-electron chi connectivity index (χ0n) is 17.2. The summed E-state index contributed by atoms with van der Waals surface area (Å²) in [5.74, 6) is -2.16. The number of fused-ring (bicyclic) bond motifs is 1. The van der Waals surface area contributed by atoms with Gasteiger partial charge in [-0.15, -0.1) is 0 Å². The summed E-state index contributed by atoms with van der Waals surface area (Å²) in [5.41, 5.74) is 0.551. The standard InChI is InChI=1S/C21H16ClF2N5O3S/c1-25-21-27-9-12-5-11(3-4-17(12)28-21)15-7-14(8-16(23)19(15)24)29-33(30,31)18-6-13(22)10-26-20(18)32-2/h3-10,29H,1-2H3,(H,25,27,28). The quantitative estimate of drug-likeness (QED) is 0.409. The van der Waals surface area contributed by atoms with Crippen molar-refractivity contribution in [2.45, 2.75) is 4.90 Å². The Morgan fingerprint density at radius 2 is 1.85 bits per heavy atom. The Labute approximate surface area is 192 Å². The molecule has 0 aliphatic heterocycles. The van der Waals surface area contributed by atoms with E-state index in [4.69, 9.17) is 16.3 Å². The molecular formula is C21H16ClF2N5O3S. The molecule has 0 aliphatic carbocycles. The van der Waals surface area contributed by atoms with Gasteiger partial charge in [0.1, 0.15) is 0 Å². The largest absolute Gasteiger partial charge is 0.480 e. The van der Waals surface area contributed by atoms with Crippen LogP contribution >= 0.6 is 11.6 Å². The Morgan fingerprint density at radius 1 is 1.06 bits per heavy atom. The third kappa shape index (κ3) is 4.50. The molecule has 2 N–H and O–H groups in total. The summed E-state index contributed by atoms with van der Waals surface area (Å²) in [5, 5.41) is 3.46. The molecular weight excluding hydrogens is 476 g/mol. The number of methoxy groups -OCH3 is 1. The van der Waals surface area contributed by atoms with Crippen LogP contribution in [0.25, 0.3) is 22.0 Å². The van der Waals surface area contributed by atoms with Crippen LogP contribution < -0.4 is 14.8 Å².